The molecule has 7 heteroatoms. The number of carbonyl (C=O) groups excluding carboxylic acids is 2. The Morgan fingerprint density at radius 2 is 1.90 bits per heavy atom. The van der Waals surface area contributed by atoms with E-state index in [1.807, 2.05) is 35.6 Å². The van der Waals surface area contributed by atoms with Crippen LogP contribution < -0.4 is 20.7 Å². The Kier molecular flexibility index (Phi) is 5.48. The van der Waals surface area contributed by atoms with E-state index in [0.29, 0.717) is 17.0 Å². The third-order valence-corrected chi connectivity index (χ3v) is 5.82. The van der Waals surface area contributed by atoms with Gasteiger partial charge in [0.2, 0.25) is 0 Å². The zero-order chi connectivity index (χ0) is 20.2. The number of rotatable bonds is 6. The highest BCUT2D eigenvalue weighted by Crippen LogP contribution is 2.28. The standard InChI is InChI=1S/C22H21N3O3S/c23-21(26)14-28-19-4-2-1-3-18(19)22(27)24-16-5-7-17(8-6-16)25-11-9-20-15(13-25)10-12-29-20/h1-8,10,12H,9,11,13-14H2,(H2,23,26)(H,24,27). The van der Waals surface area contributed by atoms with Crippen LogP contribution in [0.1, 0.15) is 20.8 Å². The second-order valence-electron chi connectivity index (χ2n) is 6.79. The number of nitrogens with two attached hydrogens (primary N) is 1. The van der Waals surface area contributed by atoms with E-state index >= 15 is 0 Å². The molecule has 0 spiro atoms. The summed E-state index contributed by atoms with van der Waals surface area (Å²) in [6.45, 7) is 1.62. The Morgan fingerprint density at radius 3 is 2.69 bits per heavy atom. The van der Waals surface area contributed by atoms with E-state index < -0.39 is 5.91 Å². The largest absolute Gasteiger partial charge is 0.483 e. The minimum Gasteiger partial charge on any atom is -0.483 e. The lowest BCUT2D eigenvalue weighted by molar-refractivity contribution is -0.119. The van der Waals surface area contributed by atoms with Crippen LogP contribution in [0.4, 0.5) is 11.4 Å². The van der Waals surface area contributed by atoms with Crippen LogP contribution in [0.15, 0.2) is 60.0 Å². The zero-order valence-corrected chi connectivity index (χ0v) is 16.6. The van der Waals surface area contributed by atoms with Crippen LogP contribution in [0.25, 0.3) is 0 Å². The third-order valence-electron chi connectivity index (χ3n) is 4.80. The summed E-state index contributed by atoms with van der Waals surface area (Å²) in [4.78, 5) is 27.4. The number of carbonyl (C=O) groups is 2. The molecule has 6 nitrogen and oxygen atoms in total. The number of nitrogens with zero attached hydrogens (tertiary/aromatic N) is 1. The van der Waals surface area contributed by atoms with Crippen molar-refractivity contribution in [1.82, 2.24) is 0 Å². The van der Waals surface area contributed by atoms with Gasteiger partial charge in [-0.3, -0.25) is 9.59 Å². The summed E-state index contributed by atoms with van der Waals surface area (Å²) in [7, 11) is 0. The Morgan fingerprint density at radius 1 is 1.10 bits per heavy atom. The van der Waals surface area contributed by atoms with Crippen LogP contribution >= 0.6 is 11.3 Å². The summed E-state index contributed by atoms with van der Waals surface area (Å²) in [6.07, 6.45) is 1.06. The monoisotopic (exact) mass is 407 g/mol. The summed E-state index contributed by atoms with van der Waals surface area (Å²) in [6, 6.07) is 16.8. The molecular formula is C22H21N3O3S. The van der Waals surface area contributed by atoms with E-state index in [0.717, 1.165) is 25.2 Å². The predicted octanol–water partition coefficient (Wildman–Crippen LogP) is 3.43. The number of amides is 2. The highest BCUT2D eigenvalue weighted by Gasteiger charge is 2.18. The molecule has 0 saturated carbocycles. The molecule has 0 saturated heterocycles. The van der Waals surface area contributed by atoms with E-state index in [-0.39, 0.29) is 12.5 Å². The molecule has 4 rings (SSSR count). The van der Waals surface area contributed by atoms with E-state index in [4.69, 9.17) is 10.5 Å². The molecule has 2 aromatic carbocycles. The summed E-state index contributed by atoms with van der Waals surface area (Å²) in [5.41, 5.74) is 8.68. The molecule has 1 aromatic heterocycles. The van der Waals surface area contributed by atoms with Gasteiger partial charge in [-0.1, -0.05) is 12.1 Å². The Labute approximate surface area is 172 Å². The van der Waals surface area contributed by atoms with Crippen molar-refractivity contribution < 1.29 is 14.3 Å². The first-order valence-corrected chi connectivity index (χ1v) is 10.2. The van der Waals surface area contributed by atoms with Crippen LogP contribution in [0.2, 0.25) is 0 Å². The van der Waals surface area contributed by atoms with Gasteiger partial charge in [0, 0.05) is 29.3 Å². The highest BCUT2D eigenvalue weighted by molar-refractivity contribution is 7.10. The maximum absolute atomic E-state index is 12.7. The molecule has 0 unspecified atom stereocenters. The van der Waals surface area contributed by atoms with Gasteiger partial charge in [-0.05, 0) is 59.8 Å². The van der Waals surface area contributed by atoms with Crippen molar-refractivity contribution >= 4 is 34.5 Å². The fourth-order valence-corrected chi connectivity index (χ4v) is 4.24. The number of nitrogens with one attached hydrogen (secondary N) is 1. The lowest BCUT2D eigenvalue weighted by Crippen LogP contribution is -2.29. The first kappa shape index (κ1) is 19.0. The Balaban J connectivity index is 1.43. The molecule has 29 heavy (non-hydrogen) atoms. The van der Waals surface area contributed by atoms with Gasteiger partial charge < -0.3 is 20.7 Å². The van der Waals surface area contributed by atoms with Crippen molar-refractivity contribution in [2.24, 2.45) is 5.73 Å². The van der Waals surface area contributed by atoms with Crippen molar-refractivity contribution in [2.75, 3.05) is 23.4 Å². The number of thiophene rings is 1. The average molecular weight is 407 g/mol. The fraction of sp³-hybridized carbons (Fsp3) is 0.182. The maximum Gasteiger partial charge on any atom is 0.259 e. The normalized spacial score (nSPS) is 12.9. The average Bonchev–Trinajstić information content (AvgIpc) is 3.21. The summed E-state index contributed by atoms with van der Waals surface area (Å²) in [5, 5.41) is 5.03. The molecule has 0 atom stereocenters. The molecule has 2 heterocycles. The molecule has 2 amide bonds. The second kappa shape index (κ2) is 8.36. The topological polar surface area (TPSA) is 84.7 Å². The molecule has 0 radical (unpaired) electrons. The van der Waals surface area contributed by atoms with Crippen LogP contribution in [0.3, 0.4) is 0 Å². The number of benzene rings is 2. The van der Waals surface area contributed by atoms with Crippen molar-refractivity contribution in [1.29, 1.82) is 0 Å². The number of hydrogen-bond donors (Lipinski definition) is 2. The van der Waals surface area contributed by atoms with Crippen molar-refractivity contribution in [3.63, 3.8) is 0 Å². The van der Waals surface area contributed by atoms with Gasteiger partial charge in [0.05, 0.1) is 5.56 Å². The second-order valence-corrected chi connectivity index (χ2v) is 7.79. The van der Waals surface area contributed by atoms with Crippen molar-refractivity contribution in [3.8, 4) is 5.75 Å². The fourth-order valence-electron chi connectivity index (χ4n) is 3.35. The lowest BCUT2D eigenvalue weighted by atomic mass is 10.1. The number of fused-ring (bicyclic) bond motifs is 1. The quantitative estimate of drug-likeness (QED) is 0.656. The van der Waals surface area contributed by atoms with Crippen LogP contribution in [-0.2, 0) is 17.8 Å². The highest BCUT2D eigenvalue weighted by atomic mass is 32.1. The molecule has 1 aliphatic rings. The van der Waals surface area contributed by atoms with Crippen LogP contribution in [0, 0.1) is 0 Å². The molecule has 0 aliphatic carbocycles. The smallest absolute Gasteiger partial charge is 0.259 e. The van der Waals surface area contributed by atoms with E-state index in [1.165, 1.54) is 10.4 Å². The molecular weight excluding hydrogens is 386 g/mol. The van der Waals surface area contributed by atoms with Gasteiger partial charge in [-0.25, -0.2) is 0 Å². The van der Waals surface area contributed by atoms with Gasteiger partial charge in [0.15, 0.2) is 6.61 Å². The summed E-state index contributed by atoms with van der Waals surface area (Å²) < 4.78 is 5.34. The molecule has 3 aromatic rings. The number of hydrogen-bond acceptors (Lipinski definition) is 5. The van der Waals surface area contributed by atoms with Gasteiger partial charge in [0.1, 0.15) is 5.75 Å². The molecule has 0 bridgehead atoms. The Hall–Kier alpha value is -3.32. The van der Waals surface area contributed by atoms with Gasteiger partial charge in [-0.2, -0.15) is 0 Å². The minimum atomic E-state index is -0.594. The molecule has 1 aliphatic heterocycles. The SMILES string of the molecule is NC(=O)COc1ccccc1C(=O)Nc1ccc(N2CCc3sccc3C2)cc1. The molecule has 3 N–H and O–H groups in total. The third kappa shape index (κ3) is 4.41. The predicted molar refractivity (Wildman–Crippen MR) is 115 cm³/mol. The van der Waals surface area contributed by atoms with Crippen molar-refractivity contribution in [3.05, 3.63) is 76.0 Å². The summed E-state index contributed by atoms with van der Waals surface area (Å²) >= 11 is 1.83. The molecule has 148 valence electrons. The van der Waals surface area contributed by atoms with E-state index in [9.17, 15) is 9.59 Å². The first-order valence-electron chi connectivity index (χ1n) is 9.32. The number of ether oxygens (including phenoxy) is 1. The van der Waals surface area contributed by atoms with Crippen LogP contribution in [0.5, 0.6) is 5.75 Å². The van der Waals surface area contributed by atoms with E-state index in [2.05, 4.69) is 21.7 Å². The minimum absolute atomic E-state index is 0.277. The lowest BCUT2D eigenvalue weighted by Gasteiger charge is -2.29. The zero-order valence-electron chi connectivity index (χ0n) is 15.8. The van der Waals surface area contributed by atoms with E-state index in [1.54, 1.807) is 24.3 Å². The number of primary amides is 1. The first-order chi connectivity index (χ1) is 14.1. The number of anilines is 2. The number of para-hydroxylation sites is 1. The van der Waals surface area contributed by atoms with Gasteiger partial charge >= 0.3 is 0 Å². The maximum atomic E-state index is 12.7. The summed E-state index contributed by atoms with van der Waals surface area (Å²) in [5.74, 6) is -0.581. The van der Waals surface area contributed by atoms with Crippen LogP contribution in [-0.4, -0.2) is 25.0 Å². The van der Waals surface area contributed by atoms with Gasteiger partial charge in [0.25, 0.3) is 11.8 Å². The van der Waals surface area contributed by atoms with Gasteiger partial charge in [-0.15, -0.1) is 11.3 Å². The molecule has 0 fully saturated rings. The Bertz CT molecular complexity index is 1030. The van der Waals surface area contributed by atoms with Crippen molar-refractivity contribution in [2.45, 2.75) is 13.0 Å².